The number of nitrogens with two attached hydrogens (primary N) is 1. The van der Waals surface area contributed by atoms with Gasteiger partial charge in [0.05, 0.1) is 0 Å². The van der Waals surface area contributed by atoms with E-state index in [1.165, 1.54) is 31.4 Å². The highest BCUT2D eigenvalue weighted by molar-refractivity contribution is 7.99. The Balaban J connectivity index is 2.57. The summed E-state index contributed by atoms with van der Waals surface area (Å²) in [6.45, 7) is 9.40. The lowest BCUT2D eigenvalue weighted by molar-refractivity contribution is 0.148. The van der Waals surface area contributed by atoms with Crippen LogP contribution in [0, 0.1) is 11.3 Å². The highest BCUT2D eigenvalue weighted by Crippen LogP contribution is 2.42. The first-order chi connectivity index (χ1) is 7.01. The van der Waals surface area contributed by atoms with Crippen LogP contribution in [0.3, 0.4) is 0 Å². The van der Waals surface area contributed by atoms with Crippen LogP contribution in [-0.4, -0.2) is 17.0 Å². The van der Waals surface area contributed by atoms with Crippen LogP contribution in [0.15, 0.2) is 0 Å². The van der Waals surface area contributed by atoms with Gasteiger partial charge in [-0.05, 0) is 36.3 Å². The fourth-order valence-electron chi connectivity index (χ4n) is 2.56. The summed E-state index contributed by atoms with van der Waals surface area (Å²) in [6.07, 6.45) is 5.19. The van der Waals surface area contributed by atoms with Crippen molar-refractivity contribution in [2.75, 3.05) is 5.75 Å². The largest absolute Gasteiger partial charge is 0.327 e. The quantitative estimate of drug-likeness (QED) is 0.796. The van der Waals surface area contributed by atoms with Crippen molar-refractivity contribution in [3.63, 3.8) is 0 Å². The summed E-state index contributed by atoms with van der Waals surface area (Å²) in [5, 5.41) is 0.708. The first-order valence-electron chi connectivity index (χ1n) is 6.38. The van der Waals surface area contributed by atoms with E-state index in [-0.39, 0.29) is 0 Å². The Morgan fingerprint density at radius 3 is 2.47 bits per heavy atom. The molecule has 1 rings (SSSR count). The molecular weight excluding hydrogens is 202 g/mol. The topological polar surface area (TPSA) is 26.0 Å². The smallest absolute Gasteiger partial charge is 0.0201 e. The van der Waals surface area contributed by atoms with Gasteiger partial charge in [-0.2, -0.15) is 11.8 Å². The van der Waals surface area contributed by atoms with E-state index in [4.69, 9.17) is 5.73 Å². The Labute approximate surface area is 99.6 Å². The third-order valence-corrected chi connectivity index (χ3v) is 5.54. The fourth-order valence-corrected chi connectivity index (χ4v) is 3.74. The first-order valence-corrected chi connectivity index (χ1v) is 7.43. The Hall–Kier alpha value is 0.310. The van der Waals surface area contributed by atoms with Gasteiger partial charge >= 0.3 is 0 Å². The molecule has 90 valence electrons. The summed E-state index contributed by atoms with van der Waals surface area (Å²) in [5.41, 5.74) is 6.70. The van der Waals surface area contributed by atoms with Crippen molar-refractivity contribution in [2.24, 2.45) is 17.1 Å². The van der Waals surface area contributed by atoms with Gasteiger partial charge in [0.15, 0.2) is 0 Å². The minimum absolute atomic E-state index is 0.443. The summed E-state index contributed by atoms with van der Waals surface area (Å²) in [6, 6.07) is 0.443. The molecule has 1 nitrogen and oxygen atoms in total. The molecule has 0 heterocycles. The number of hydrogen-bond donors (Lipinski definition) is 1. The van der Waals surface area contributed by atoms with E-state index in [1.54, 1.807) is 0 Å². The Kier molecular flexibility index (Phi) is 4.98. The van der Waals surface area contributed by atoms with Gasteiger partial charge in [0, 0.05) is 11.3 Å². The van der Waals surface area contributed by atoms with Gasteiger partial charge < -0.3 is 5.73 Å². The predicted molar refractivity (Wildman–Crippen MR) is 71.3 cm³/mol. The van der Waals surface area contributed by atoms with E-state index in [0.29, 0.717) is 16.7 Å². The lowest BCUT2D eigenvalue weighted by Crippen LogP contribution is -2.42. The van der Waals surface area contributed by atoms with Crippen molar-refractivity contribution < 1.29 is 0 Å². The van der Waals surface area contributed by atoms with Crippen molar-refractivity contribution in [3.8, 4) is 0 Å². The molecule has 1 aliphatic rings. The second-order valence-corrected chi connectivity index (χ2v) is 7.03. The SMILES string of the molecule is CCSC1CC(C(C)(C)CC)CCC1N. The molecule has 0 aromatic carbocycles. The second-order valence-electron chi connectivity index (χ2n) is 5.51. The number of hydrogen-bond acceptors (Lipinski definition) is 2. The predicted octanol–water partition coefficient (Wildman–Crippen LogP) is 3.67. The van der Waals surface area contributed by atoms with Crippen molar-refractivity contribution >= 4 is 11.8 Å². The van der Waals surface area contributed by atoms with E-state index in [2.05, 4.69) is 39.5 Å². The molecule has 3 atom stereocenters. The molecule has 1 aliphatic carbocycles. The maximum Gasteiger partial charge on any atom is 0.0201 e. The average molecular weight is 229 g/mol. The van der Waals surface area contributed by atoms with Crippen LogP contribution in [0.1, 0.15) is 53.4 Å². The lowest BCUT2D eigenvalue weighted by atomic mass is 9.69. The highest BCUT2D eigenvalue weighted by Gasteiger charge is 2.35. The van der Waals surface area contributed by atoms with Crippen LogP contribution < -0.4 is 5.73 Å². The van der Waals surface area contributed by atoms with Gasteiger partial charge in [0.1, 0.15) is 0 Å². The first kappa shape index (κ1) is 13.4. The molecule has 0 radical (unpaired) electrons. The van der Waals surface area contributed by atoms with Gasteiger partial charge in [0.2, 0.25) is 0 Å². The van der Waals surface area contributed by atoms with Gasteiger partial charge in [-0.3, -0.25) is 0 Å². The second kappa shape index (κ2) is 5.58. The van der Waals surface area contributed by atoms with Gasteiger partial charge in [-0.25, -0.2) is 0 Å². The van der Waals surface area contributed by atoms with Crippen molar-refractivity contribution in [1.82, 2.24) is 0 Å². The van der Waals surface area contributed by atoms with Crippen LogP contribution in [0.2, 0.25) is 0 Å². The lowest BCUT2D eigenvalue weighted by Gasteiger charge is -2.41. The monoisotopic (exact) mass is 229 g/mol. The zero-order chi connectivity index (χ0) is 11.5. The Bertz CT molecular complexity index is 191. The molecular formula is C13H27NS. The fraction of sp³-hybridized carbons (Fsp3) is 1.00. The molecule has 2 heteroatoms. The Morgan fingerprint density at radius 1 is 1.27 bits per heavy atom. The van der Waals surface area contributed by atoms with E-state index < -0.39 is 0 Å². The van der Waals surface area contributed by atoms with Gasteiger partial charge in [0.25, 0.3) is 0 Å². The molecule has 1 saturated carbocycles. The molecule has 1 fully saturated rings. The molecule has 0 aromatic rings. The van der Waals surface area contributed by atoms with Crippen LogP contribution >= 0.6 is 11.8 Å². The van der Waals surface area contributed by atoms with E-state index in [9.17, 15) is 0 Å². The normalized spacial score (nSPS) is 33.0. The van der Waals surface area contributed by atoms with Gasteiger partial charge in [-0.1, -0.05) is 34.1 Å². The summed E-state index contributed by atoms with van der Waals surface area (Å²) in [7, 11) is 0. The molecule has 0 saturated heterocycles. The van der Waals surface area contributed by atoms with Crippen molar-refractivity contribution in [3.05, 3.63) is 0 Å². The standard InChI is InChI=1S/C13H27NS/c1-5-13(3,4)10-7-8-11(14)12(9-10)15-6-2/h10-12H,5-9,14H2,1-4H3. The summed E-state index contributed by atoms with van der Waals surface area (Å²) in [4.78, 5) is 0. The summed E-state index contributed by atoms with van der Waals surface area (Å²) < 4.78 is 0. The molecule has 0 spiro atoms. The third-order valence-electron chi connectivity index (χ3n) is 4.24. The minimum Gasteiger partial charge on any atom is -0.327 e. The molecule has 2 N–H and O–H groups in total. The Morgan fingerprint density at radius 2 is 1.93 bits per heavy atom. The summed E-state index contributed by atoms with van der Waals surface area (Å²) in [5.74, 6) is 2.09. The maximum absolute atomic E-state index is 6.19. The third kappa shape index (κ3) is 3.39. The number of rotatable bonds is 4. The van der Waals surface area contributed by atoms with Crippen molar-refractivity contribution in [1.29, 1.82) is 0 Å². The van der Waals surface area contributed by atoms with E-state index >= 15 is 0 Å². The average Bonchev–Trinajstić information content (AvgIpc) is 2.21. The molecule has 0 aromatic heterocycles. The molecule has 0 amide bonds. The molecule has 15 heavy (non-hydrogen) atoms. The molecule has 0 aliphatic heterocycles. The zero-order valence-corrected chi connectivity index (χ0v) is 11.6. The van der Waals surface area contributed by atoms with E-state index in [1.807, 2.05) is 0 Å². The zero-order valence-electron chi connectivity index (χ0n) is 10.8. The van der Waals surface area contributed by atoms with Gasteiger partial charge in [-0.15, -0.1) is 0 Å². The maximum atomic E-state index is 6.19. The van der Waals surface area contributed by atoms with Crippen LogP contribution in [0.4, 0.5) is 0 Å². The van der Waals surface area contributed by atoms with Crippen molar-refractivity contribution in [2.45, 2.75) is 64.7 Å². The van der Waals surface area contributed by atoms with E-state index in [0.717, 1.165) is 5.92 Å². The highest BCUT2D eigenvalue weighted by atomic mass is 32.2. The van der Waals surface area contributed by atoms with Crippen LogP contribution in [0.25, 0.3) is 0 Å². The summed E-state index contributed by atoms with van der Waals surface area (Å²) >= 11 is 2.07. The van der Waals surface area contributed by atoms with Crippen LogP contribution in [0.5, 0.6) is 0 Å². The molecule has 0 bridgehead atoms. The number of thioether (sulfide) groups is 1. The van der Waals surface area contributed by atoms with Crippen LogP contribution in [-0.2, 0) is 0 Å². The molecule has 3 unspecified atom stereocenters. The minimum atomic E-state index is 0.443.